The van der Waals surface area contributed by atoms with Gasteiger partial charge >= 0.3 is 6.16 Å². The summed E-state index contributed by atoms with van der Waals surface area (Å²) in [6, 6.07) is 0. The zero-order valence-corrected chi connectivity index (χ0v) is 12.6. The number of aliphatic imine (C=N–C) groups is 1. The molecule has 0 spiro atoms. The van der Waals surface area contributed by atoms with Crippen LogP contribution in [0.5, 0.6) is 0 Å². The van der Waals surface area contributed by atoms with Crippen LogP contribution in [0.4, 0.5) is 4.79 Å². The van der Waals surface area contributed by atoms with Gasteiger partial charge in [-0.1, -0.05) is 41.9 Å². The smallest absolute Gasteiger partial charge is 0.433 e. The van der Waals surface area contributed by atoms with Crippen LogP contribution in [0.3, 0.4) is 0 Å². The third kappa shape index (κ3) is 8.49. The molecular weight excluding hydrogens is 278 g/mol. The van der Waals surface area contributed by atoms with Crippen molar-refractivity contribution < 1.29 is 14.3 Å². The van der Waals surface area contributed by atoms with Crippen molar-refractivity contribution in [3.05, 3.63) is 0 Å². The molecule has 7 heteroatoms. The third-order valence-corrected chi connectivity index (χ3v) is 4.66. The molecular formula is C10H17NO3S3. The van der Waals surface area contributed by atoms with Crippen LogP contribution < -0.4 is 0 Å². The van der Waals surface area contributed by atoms with Crippen molar-refractivity contribution in [2.24, 2.45) is 10.9 Å². The van der Waals surface area contributed by atoms with E-state index in [1.165, 1.54) is 0 Å². The number of rotatable bonds is 8. The van der Waals surface area contributed by atoms with E-state index in [1.807, 2.05) is 6.26 Å². The fourth-order valence-corrected chi connectivity index (χ4v) is 3.26. The van der Waals surface area contributed by atoms with E-state index in [4.69, 9.17) is 4.74 Å². The Bertz CT molecular complexity index is 270. The molecule has 1 unspecified atom stereocenters. The molecule has 0 aromatic carbocycles. The Balaban J connectivity index is 3.94. The Morgan fingerprint density at radius 2 is 2.24 bits per heavy atom. The minimum atomic E-state index is -0.714. The molecule has 0 rings (SSSR count). The van der Waals surface area contributed by atoms with E-state index in [2.05, 4.69) is 41.0 Å². The van der Waals surface area contributed by atoms with E-state index >= 15 is 0 Å². The lowest BCUT2D eigenvalue weighted by atomic mass is 10.1. The predicted octanol–water partition coefficient (Wildman–Crippen LogP) is 3.63. The summed E-state index contributed by atoms with van der Waals surface area (Å²) in [6.45, 7) is 4.47. The summed E-state index contributed by atoms with van der Waals surface area (Å²) in [5, 5.41) is 2.38. The average molecular weight is 295 g/mol. The summed E-state index contributed by atoms with van der Waals surface area (Å²) < 4.78 is 9.66. The minimum Gasteiger partial charge on any atom is -0.433 e. The molecule has 0 N–H and O–H groups in total. The third-order valence-electron chi connectivity index (χ3n) is 2.18. The quantitative estimate of drug-likeness (QED) is 0.295. The van der Waals surface area contributed by atoms with Gasteiger partial charge in [0.25, 0.3) is 0 Å². The van der Waals surface area contributed by atoms with Crippen LogP contribution in [-0.2, 0) is 9.47 Å². The highest BCUT2D eigenvalue weighted by Crippen LogP contribution is 2.30. The molecule has 0 aromatic rings. The highest BCUT2D eigenvalue weighted by molar-refractivity contribution is 8.76. The van der Waals surface area contributed by atoms with E-state index in [-0.39, 0.29) is 12.0 Å². The molecule has 0 aliphatic heterocycles. The normalized spacial score (nSPS) is 13.4. The Kier molecular flexibility index (Phi) is 10.7. The fourth-order valence-electron chi connectivity index (χ4n) is 0.977. The van der Waals surface area contributed by atoms with Gasteiger partial charge in [0.05, 0.1) is 10.4 Å². The van der Waals surface area contributed by atoms with E-state index < -0.39 is 6.16 Å². The van der Waals surface area contributed by atoms with Crippen LogP contribution in [0.2, 0.25) is 0 Å². The molecule has 0 heterocycles. The molecule has 0 aliphatic rings. The number of hydrogen-bond donors (Lipinski definition) is 0. The lowest BCUT2D eigenvalue weighted by Crippen LogP contribution is -2.22. The average Bonchev–Trinajstić information content (AvgIpc) is 2.33. The number of carbonyl (C=O) groups excluding carboxylic acids is 1. The first kappa shape index (κ1) is 16.8. The second kappa shape index (κ2) is 10.9. The Morgan fingerprint density at radius 3 is 2.76 bits per heavy atom. The van der Waals surface area contributed by atoms with E-state index in [1.54, 1.807) is 21.6 Å². The van der Waals surface area contributed by atoms with Crippen molar-refractivity contribution in [1.82, 2.24) is 0 Å². The second-order valence-corrected chi connectivity index (χ2v) is 6.16. The largest absolute Gasteiger partial charge is 0.510 e. The first-order valence-corrected chi connectivity index (χ1v) is 8.21. The first-order valence-electron chi connectivity index (χ1n) is 5.18. The number of thiocarbonyl (C=S) groups is 1. The predicted molar refractivity (Wildman–Crippen MR) is 76.7 cm³/mol. The topological polar surface area (TPSA) is 47.9 Å². The lowest BCUT2D eigenvalue weighted by molar-refractivity contribution is 0.0555. The molecule has 0 saturated heterocycles. The van der Waals surface area contributed by atoms with Crippen molar-refractivity contribution in [3.8, 4) is 0 Å². The number of isothiocyanates is 1. The molecule has 0 aromatic heterocycles. The molecule has 0 bridgehead atoms. The molecule has 2 atom stereocenters. The van der Waals surface area contributed by atoms with Crippen LogP contribution >= 0.6 is 33.8 Å². The molecule has 98 valence electrons. The molecule has 0 saturated carbocycles. The van der Waals surface area contributed by atoms with Crippen molar-refractivity contribution in [1.29, 1.82) is 0 Å². The van der Waals surface area contributed by atoms with Crippen molar-refractivity contribution in [3.63, 3.8) is 0 Å². The van der Waals surface area contributed by atoms with Crippen LogP contribution in [0.25, 0.3) is 0 Å². The lowest BCUT2D eigenvalue weighted by Gasteiger charge is -2.20. The summed E-state index contributed by atoms with van der Waals surface area (Å²) in [5.74, 6) is 0.485. The van der Waals surface area contributed by atoms with E-state index in [9.17, 15) is 4.79 Å². The van der Waals surface area contributed by atoms with Gasteiger partial charge in [-0.2, -0.15) is 4.99 Å². The molecule has 0 fully saturated rings. The fraction of sp³-hybridized carbons (Fsp3) is 0.800. The van der Waals surface area contributed by atoms with Gasteiger partial charge in [0.15, 0.2) is 6.73 Å². The summed E-state index contributed by atoms with van der Waals surface area (Å²) in [6.07, 6.45) is 2.34. The highest BCUT2D eigenvalue weighted by atomic mass is 33.1. The number of nitrogens with zero attached hydrogens (tertiary/aromatic N) is 1. The van der Waals surface area contributed by atoms with Crippen LogP contribution in [0, 0.1) is 5.92 Å². The number of ether oxygens (including phenoxy) is 2. The summed E-state index contributed by atoms with van der Waals surface area (Å²) >= 11 is 4.34. The van der Waals surface area contributed by atoms with Crippen molar-refractivity contribution >= 4 is 45.1 Å². The standard InChI is InChI=1S/C10H17NO3S3/c1-4-8(2)9(17-16-3)5-13-10(12)14-6-11-7-15/h8-9H,4-6H2,1-3H3/t8?,9-/m0/s1. The van der Waals surface area contributed by atoms with Crippen molar-refractivity contribution in [2.75, 3.05) is 19.6 Å². The summed E-state index contributed by atoms with van der Waals surface area (Å²) in [5.41, 5.74) is 0. The second-order valence-electron chi connectivity index (χ2n) is 3.27. The molecule has 0 radical (unpaired) electrons. The number of carbonyl (C=O) groups is 1. The zero-order valence-electron chi connectivity index (χ0n) is 10.2. The van der Waals surface area contributed by atoms with Gasteiger partial charge in [-0.25, -0.2) is 4.79 Å². The Morgan fingerprint density at radius 1 is 1.53 bits per heavy atom. The number of hydrogen-bond acceptors (Lipinski definition) is 7. The van der Waals surface area contributed by atoms with E-state index in [0.717, 1.165) is 6.42 Å². The van der Waals surface area contributed by atoms with Gasteiger partial charge in [0, 0.05) is 0 Å². The maximum atomic E-state index is 11.2. The maximum Gasteiger partial charge on any atom is 0.510 e. The van der Waals surface area contributed by atoms with Crippen LogP contribution in [-0.4, -0.2) is 36.2 Å². The van der Waals surface area contributed by atoms with Crippen molar-refractivity contribution in [2.45, 2.75) is 25.5 Å². The SMILES string of the molecule is CCC(C)[C@H](COC(=O)OCN=C=S)SSC. The first-order chi connectivity index (χ1) is 8.15. The highest BCUT2D eigenvalue weighted by Gasteiger charge is 2.18. The molecule has 0 amide bonds. The maximum absolute atomic E-state index is 11.2. The van der Waals surface area contributed by atoms with Gasteiger partial charge in [0.1, 0.15) is 6.61 Å². The van der Waals surface area contributed by atoms with Gasteiger partial charge in [-0.15, -0.1) is 0 Å². The van der Waals surface area contributed by atoms with E-state index in [0.29, 0.717) is 12.5 Å². The molecule has 0 aliphatic carbocycles. The zero-order chi connectivity index (χ0) is 13.1. The molecule has 4 nitrogen and oxygen atoms in total. The minimum absolute atomic E-state index is 0.133. The Labute approximate surface area is 115 Å². The summed E-state index contributed by atoms with van der Waals surface area (Å²) in [4.78, 5) is 14.6. The monoisotopic (exact) mass is 295 g/mol. The summed E-state index contributed by atoms with van der Waals surface area (Å²) in [7, 11) is 3.38. The van der Waals surface area contributed by atoms with Crippen LogP contribution in [0.15, 0.2) is 4.99 Å². The van der Waals surface area contributed by atoms with Gasteiger partial charge in [-0.05, 0) is 24.4 Å². The van der Waals surface area contributed by atoms with Gasteiger partial charge < -0.3 is 9.47 Å². The Hall–Kier alpha value is -0.230. The molecule has 17 heavy (non-hydrogen) atoms. The van der Waals surface area contributed by atoms with Gasteiger partial charge in [-0.3, -0.25) is 0 Å². The van der Waals surface area contributed by atoms with Crippen LogP contribution in [0.1, 0.15) is 20.3 Å². The van der Waals surface area contributed by atoms with Gasteiger partial charge in [0.2, 0.25) is 0 Å².